The third kappa shape index (κ3) is 5.02. The van der Waals surface area contributed by atoms with Crippen molar-refractivity contribution in [2.45, 2.75) is 30.8 Å². The number of hydrogen-bond acceptors (Lipinski definition) is 8. The molecule has 0 amide bonds. The van der Waals surface area contributed by atoms with E-state index in [2.05, 4.69) is 4.74 Å². The van der Waals surface area contributed by atoms with Crippen LogP contribution in [0.3, 0.4) is 0 Å². The van der Waals surface area contributed by atoms with E-state index in [-0.39, 0.29) is 17.2 Å². The standard InChI is InChI=1S/C9H17NO6S/c1-16-6(10)2-5(17)8(14)9(15)7(13)4(12)3-11/h4,7-15H,2-3H2,1H3/t4-,7+,8+,9+/m1/s1. The molecule has 4 atom stereocenters. The van der Waals surface area contributed by atoms with Crippen molar-refractivity contribution in [1.82, 2.24) is 0 Å². The summed E-state index contributed by atoms with van der Waals surface area (Å²) < 4.78 is 4.53. The molecule has 0 saturated carbocycles. The predicted molar refractivity (Wildman–Crippen MR) is 63.1 cm³/mol. The Kier molecular flexibility index (Phi) is 7.35. The molecule has 0 radical (unpaired) electrons. The Morgan fingerprint density at radius 3 is 2.18 bits per heavy atom. The molecule has 0 bridgehead atoms. The summed E-state index contributed by atoms with van der Waals surface area (Å²) in [6, 6.07) is 0. The summed E-state index contributed by atoms with van der Waals surface area (Å²) in [6.07, 6.45) is -6.83. The van der Waals surface area contributed by atoms with Crippen LogP contribution in [0.2, 0.25) is 0 Å². The van der Waals surface area contributed by atoms with Crippen molar-refractivity contribution < 1.29 is 30.3 Å². The van der Waals surface area contributed by atoms with Gasteiger partial charge in [0.2, 0.25) is 0 Å². The number of ether oxygens (including phenoxy) is 1. The van der Waals surface area contributed by atoms with Crippen LogP contribution in [0.1, 0.15) is 6.42 Å². The highest BCUT2D eigenvalue weighted by atomic mass is 32.1. The van der Waals surface area contributed by atoms with Gasteiger partial charge in [0.05, 0.1) is 20.1 Å². The molecule has 17 heavy (non-hydrogen) atoms. The van der Waals surface area contributed by atoms with E-state index in [1.165, 1.54) is 7.11 Å². The summed E-state index contributed by atoms with van der Waals surface area (Å²) in [6.45, 7) is -0.758. The van der Waals surface area contributed by atoms with Crippen LogP contribution in [-0.2, 0) is 4.74 Å². The van der Waals surface area contributed by atoms with E-state index in [1.54, 1.807) is 0 Å². The Bertz CT molecular complexity index is 274. The minimum atomic E-state index is -1.74. The first-order valence-corrected chi connectivity index (χ1v) is 5.23. The molecule has 0 aromatic carbocycles. The van der Waals surface area contributed by atoms with Gasteiger partial charge < -0.3 is 30.3 Å². The highest BCUT2D eigenvalue weighted by Gasteiger charge is 2.32. The van der Waals surface area contributed by atoms with Crippen molar-refractivity contribution in [3.63, 3.8) is 0 Å². The summed E-state index contributed by atoms with van der Waals surface area (Å²) in [5.74, 6) is -0.196. The van der Waals surface area contributed by atoms with Gasteiger partial charge in [0.25, 0.3) is 0 Å². The largest absolute Gasteiger partial charge is 0.484 e. The van der Waals surface area contributed by atoms with E-state index in [4.69, 9.17) is 27.8 Å². The van der Waals surface area contributed by atoms with Crippen LogP contribution in [0.4, 0.5) is 0 Å². The zero-order valence-electron chi connectivity index (χ0n) is 9.28. The van der Waals surface area contributed by atoms with Crippen molar-refractivity contribution in [2.75, 3.05) is 13.7 Å². The smallest absolute Gasteiger partial charge is 0.185 e. The highest BCUT2D eigenvalue weighted by Crippen LogP contribution is 2.09. The maximum Gasteiger partial charge on any atom is 0.185 e. The lowest BCUT2D eigenvalue weighted by Crippen LogP contribution is -2.48. The lowest BCUT2D eigenvalue weighted by molar-refractivity contribution is -0.101. The molecule has 0 aliphatic rings. The van der Waals surface area contributed by atoms with E-state index in [1.807, 2.05) is 0 Å². The Morgan fingerprint density at radius 1 is 1.24 bits per heavy atom. The Hall–Kier alpha value is -0.640. The molecule has 7 nitrogen and oxygen atoms in total. The highest BCUT2D eigenvalue weighted by molar-refractivity contribution is 7.80. The number of methoxy groups -OCH3 is 1. The number of hydrogen-bond donors (Lipinski definition) is 6. The van der Waals surface area contributed by atoms with Gasteiger partial charge in [-0.25, -0.2) is 0 Å². The Labute approximate surface area is 104 Å². The van der Waals surface area contributed by atoms with Gasteiger partial charge in [0.1, 0.15) is 24.4 Å². The van der Waals surface area contributed by atoms with Crippen molar-refractivity contribution in [3.8, 4) is 0 Å². The van der Waals surface area contributed by atoms with Crippen LogP contribution in [0.15, 0.2) is 0 Å². The molecule has 0 heterocycles. The topological polar surface area (TPSA) is 134 Å². The maximum absolute atomic E-state index is 9.55. The molecular formula is C9H17NO6S. The predicted octanol–water partition coefficient (Wildman–Crippen LogP) is -2.19. The lowest BCUT2D eigenvalue weighted by atomic mass is 10.00. The first-order valence-electron chi connectivity index (χ1n) is 4.82. The molecule has 0 aromatic rings. The van der Waals surface area contributed by atoms with Crippen LogP contribution in [-0.4, -0.2) is 74.4 Å². The second kappa shape index (κ2) is 7.64. The fraction of sp³-hybridized carbons (Fsp3) is 0.778. The quantitative estimate of drug-likeness (QED) is 0.175. The number of aliphatic hydroxyl groups is 5. The van der Waals surface area contributed by atoms with E-state index in [0.717, 1.165) is 0 Å². The molecule has 6 N–H and O–H groups in total. The molecule has 0 saturated heterocycles. The van der Waals surface area contributed by atoms with E-state index < -0.39 is 31.0 Å². The molecule has 100 valence electrons. The molecule has 0 rings (SSSR count). The van der Waals surface area contributed by atoms with E-state index in [0.29, 0.717) is 0 Å². The maximum atomic E-state index is 9.55. The van der Waals surface area contributed by atoms with Crippen LogP contribution >= 0.6 is 12.2 Å². The number of thiocarbonyl (C=S) groups is 1. The molecule has 0 unspecified atom stereocenters. The number of aliphatic hydroxyl groups excluding tert-OH is 5. The van der Waals surface area contributed by atoms with Gasteiger partial charge in [-0.3, -0.25) is 5.41 Å². The number of rotatable bonds is 7. The second-order valence-corrected chi connectivity index (χ2v) is 3.97. The van der Waals surface area contributed by atoms with Gasteiger partial charge >= 0.3 is 0 Å². The van der Waals surface area contributed by atoms with Gasteiger partial charge in [-0.05, 0) is 0 Å². The molecule has 8 heteroatoms. The average Bonchev–Trinajstić information content (AvgIpc) is 2.34. The monoisotopic (exact) mass is 267 g/mol. The fourth-order valence-electron chi connectivity index (χ4n) is 1.05. The Morgan fingerprint density at radius 2 is 1.76 bits per heavy atom. The minimum absolute atomic E-state index is 0.103. The molecule has 0 aromatic heterocycles. The second-order valence-electron chi connectivity index (χ2n) is 3.45. The van der Waals surface area contributed by atoms with Gasteiger partial charge in [-0.1, -0.05) is 12.2 Å². The van der Waals surface area contributed by atoms with Gasteiger partial charge in [0.15, 0.2) is 5.90 Å². The summed E-state index contributed by atoms with van der Waals surface area (Å²) in [4.78, 5) is -0.103. The summed E-state index contributed by atoms with van der Waals surface area (Å²) in [5.41, 5.74) is 0. The minimum Gasteiger partial charge on any atom is -0.484 e. The first kappa shape index (κ1) is 16.4. The van der Waals surface area contributed by atoms with Crippen molar-refractivity contribution in [2.24, 2.45) is 0 Å². The summed E-state index contributed by atoms with van der Waals surface area (Å²) in [7, 11) is 1.26. The van der Waals surface area contributed by atoms with Crippen LogP contribution in [0, 0.1) is 5.41 Å². The number of nitrogens with one attached hydrogen (secondary N) is 1. The van der Waals surface area contributed by atoms with Crippen LogP contribution in [0.25, 0.3) is 0 Å². The normalized spacial score (nSPS) is 18.0. The average molecular weight is 267 g/mol. The van der Waals surface area contributed by atoms with Crippen molar-refractivity contribution >= 4 is 23.0 Å². The lowest BCUT2D eigenvalue weighted by Gasteiger charge is -2.25. The molecule has 0 fully saturated rings. The van der Waals surface area contributed by atoms with Gasteiger partial charge in [-0.2, -0.15) is 0 Å². The fourth-order valence-corrected chi connectivity index (χ4v) is 1.32. The van der Waals surface area contributed by atoms with E-state index in [9.17, 15) is 15.3 Å². The van der Waals surface area contributed by atoms with E-state index >= 15 is 0 Å². The SMILES string of the molecule is COC(=N)CC(=S)[C@H](O)[C@@H](O)[C@@H](O)[C@H](O)CO. The van der Waals surface area contributed by atoms with Crippen LogP contribution < -0.4 is 0 Å². The molecule has 0 spiro atoms. The molecular weight excluding hydrogens is 250 g/mol. The zero-order chi connectivity index (χ0) is 13.6. The van der Waals surface area contributed by atoms with Gasteiger partial charge in [0, 0.05) is 4.86 Å². The first-order chi connectivity index (χ1) is 7.84. The third-order valence-corrected chi connectivity index (χ3v) is 2.55. The summed E-state index contributed by atoms with van der Waals surface area (Å²) >= 11 is 4.75. The third-order valence-electron chi connectivity index (χ3n) is 2.17. The molecule has 0 aliphatic heterocycles. The molecule has 0 aliphatic carbocycles. The Balaban J connectivity index is 4.43. The zero-order valence-corrected chi connectivity index (χ0v) is 10.1. The van der Waals surface area contributed by atoms with Gasteiger partial charge in [-0.15, -0.1) is 0 Å². The van der Waals surface area contributed by atoms with Crippen molar-refractivity contribution in [3.05, 3.63) is 0 Å². The van der Waals surface area contributed by atoms with Crippen molar-refractivity contribution in [1.29, 1.82) is 5.41 Å². The summed E-state index contributed by atoms with van der Waals surface area (Å²) in [5, 5.41) is 53.2. The van der Waals surface area contributed by atoms with Crippen LogP contribution in [0.5, 0.6) is 0 Å².